The van der Waals surface area contributed by atoms with Crippen LogP contribution in [0, 0.1) is 0 Å². The topological polar surface area (TPSA) is 65.1 Å². The monoisotopic (exact) mass is 417 g/mol. The summed E-state index contributed by atoms with van der Waals surface area (Å²) in [6.07, 6.45) is 2.80. The van der Waals surface area contributed by atoms with E-state index in [0.29, 0.717) is 35.2 Å². The molecule has 0 saturated heterocycles. The SMILES string of the molecule is CCN(Cc1ccc(OC)c(OC)c1)C(=O)COC(=O)/C=C/c1ccccc1Cl. The zero-order valence-corrected chi connectivity index (χ0v) is 17.4. The molecule has 0 N–H and O–H groups in total. The lowest BCUT2D eigenvalue weighted by Crippen LogP contribution is -2.34. The van der Waals surface area contributed by atoms with Crippen LogP contribution < -0.4 is 9.47 Å². The molecule has 0 spiro atoms. The van der Waals surface area contributed by atoms with Gasteiger partial charge in [-0.25, -0.2) is 4.79 Å². The second kappa shape index (κ2) is 11.1. The number of ether oxygens (including phenoxy) is 3. The van der Waals surface area contributed by atoms with Crippen molar-refractivity contribution in [1.82, 2.24) is 4.90 Å². The minimum atomic E-state index is -0.611. The molecular weight excluding hydrogens is 394 g/mol. The van der Waals surface area contributed by atoms with Crippen molar-refractivity contribution in [2.45, 2.75) is 13.5 Å². The molecule has 0 saturated carbocycles. The van der Waals surface area contributed by atoms with Gasteiger partial charge in [0.1, 0.15) is 0 Å². The quantitative estimate of drug-likeness (QED) is 0.456. The molecule has 0 aromatic heterocycles. The highest BCUT2D eigenvalue weighted by molar-refractivity contribution is 6.32. The van der Waals surface area contributed by atoms with Crippen LogP contribution in [0.25, 0.3) is 6.08 Å². The fourth-order valence-electron chi connectivity index (χ4n) is 2.62. The molecule has 29 heavy (non-hydrogen) atoms. The van der Waals surface area contributed by atoms with Gasteiger partial charge in [0, 0.05) is 24.2 Å². The molecule has 0 heterocycles. The van der Waals surface area contributed by atoms with Crippen LogP contribution in [0.1, 0.15) is 18.1 Å². The van der Waals surface area contributed by atoms with Gasteiger partial charge in [-0.05, 0) is 42.3 Å². The molecule has 6 nitrogen and oxygen atoms in total. The average molecular weight is 418 g/mol. The van der Waals surface area contributed by atoms with Crippen LogP contribution in [0.4, 0.5) is 0 Å². The van der Waals surface area contributed by atoms with E-state index >= 15 is 0 Å². The Balaban J connectivity index is 1.92. The summed E-state index contributed by atoms with van der Waals surface area (Å²) in [6, 6.07) is 12.6. The van der Waals surface area contributed by atoms with Crippen molar-refractivity contribution in [3.63, 3.8) is 0 Å². The van der Waals surface area contributed by atoms with Gasteiger partial charge in [0.25, 0.3) is 5.91 Å². The maximum absolute atomic E-state index is 12.4. The second-order valence-corrected chi connectivity index (χ2v) is 6.47. The van der Waals surface area contributed by atoms with Crippen LogP contribution in [0.3, 0.4) is 0 Å². The first-order valence-corrected chi connectivity index (χ1v) is 9.44. The Morgan fingerprint density at radius 3 is 2.45 bits per heavy atom. The van der Waals surface area contributed by atoms with Gasteiger partial charge in [0.05, 0.1) is 14.2 Å². The number of rotatable bonds is 9. The van der Waals surface area contributed by atoms with E-state index < -0.39 is 5.97 Å². The van der Waals surface area contributed by atoms with Gasteiger partial charge < -0.3 is 19.1 Å². The van der Waals surface area contributed by atoms with Crippen molar-refractivity contribution in [3.8, 4) is 11.5 Å². The largest absolute Gasteiger partial charge is 0.493 e. The van der Waals surface area contributed by atoms with Crippen LogP contribution in [0.5, 0.6) is 11.5 Å². The Morgan fingerprint density at radius 2 is 1.79 bits per heavy atom. The maximum Gasteiger partial charge on any atom is 0.331 e. The van der Waals surface area contributed by atoms with Crippen molar-refractivity contribution >= 4 is 29.6 Å². The number of esters is 1. The summed E-state index contributed by atoms with van der Waals surface area (Å²) in [5.41, 5.74) is 1.57. The molecule has 0 aliphatic heterocycles. The molecule has 1 amide bonds. The predicted molar refractivity (Wildman–Crippen MR) is 112 cm³/mol. The number of carbonyl (C=O) groups excluding carboxylic acids is 2. The Bertz CT molecular complexity index is 881. The maximum atomic E-state index is 12.4. The van der Waals surface area contributed by atoms with E-state index in [1.807, 2.05) is 25.1 Å². The molecule has 0 bridgehead atoms. The van der Waals surface area contributed by atoms with Crippen LogP contribution in [-0.2, 0) is 20.9 Å². The number of hydrogen-bond acceptors (Lipinski definition) is 5. The van der Waals surface area contributed by atoms with Crippen LogP contribution in [0.2, 0.25) is 5.02 Å². The van der Waals surface area contributed by atoms with Crippen LogP contribution >= 0.6 is 11.6 Å². The van der Waals surface area contributed by atoms with Crippen molar-refractivity contribution in [2.24, 2.45) is 0 Å². The highest BCUT2D eigenvalue weighted by Crippen LogP contribution is 2.28. The summed E-state index contributed by atoms with van der Waals surface area (Å²) < 4.78 is 15.6. The molecular formula is C22H24ClNO5. The molecule has 7 heteroatoms. The van der Waals surface area contributed by atoms with E-state index in [0.717, 1.165) is 5.56 Å². The summed E-state index contributed by atoms with van der Waals surface area (Å²) in [5, 5.41) is 0.528. The Kier molecular flexibility index (Phi) is 8.55. The number of halogens is 1. The number of nitrogens with zero attached hydrogens (tertiary/aromatic N) is 1. The van der Waals surface area contributed by atoms with Gasteiger partial charge in [-0.15, -0.1) is 0 Å². The standard InChI is InChI=1S/C22H24ClNO5/c1-4-24(14-16-9-11-19(27-2)20(13-16)28-3)21(25)15-29-22(26)12-10-17-7-5-6-8-18(17)23/h5-13H,4,14-15H2,1-3H3/b12-10+. The minimum Gasteiger partial charge on any atom is -0.493 e. The van der Waals surface area contributed by atoms with Crippen molar-refractivity contribution in [1.29, 1.82) is 0 Å². The van der Waals surface area contributed by atoms with Crippen LogP contribution in [-0.4, -0.2) is 44.1 Å². The molecule has 0 aliphatic carbocycles. The Morgan fingerprint density at radius 1 is 1.07 bits per heavy atom. The zero-order valence-electron chi connectivity index (χ0n) is 16.7. The lowest BCUT2D eigenvalue weighted by Gasteiger charge is -2.21. The summed E-state index contributed by atoms with van der Waals surface area (Å²) in [5.74, 6) is 0.303. The fraction of sp³-hybridized carbons (Fsp3) is 0.273. The fourth-order valence-corrected chi connectivity index (χ4v) is 2.81. The molecule has 2 aromatic rings. The van der Waals surface area contributed by atoms with Gasteiger partial charge >= 0.3 is 5.97 Å². The summed E-state index contributed by atoms with van der Waals surface area (Å²) in [6.45, 7) is 2.35. The molecule has 2 rings (SSSR count). The molecule has 2 aromatic carbocycles. The first kappa shape index (κ1) is 22.3. The second-order valence-electron chi connectivity index (χ2n) is 6.06. The Hall–Kier alpha value is -2.99. The van der Waals surface area contributed by atoms with Crippen molar-refractivity contribution < 1.29 is 23.8 Å². The summed E-state index contributed by atoms with van der Waals surface area (Å²) >= 11 is 6.03. The average Bonchev–Trinajstić information content (AvgIpc) is 2.74. The van der Waals surface area contributed by atoms with E-state index in [2.05, 4.69) is 0 Å². The summed E-state index contributed by atoms with van der Waals surface area (Å²) in [4.78, 5) is 25.9. The van der Waals surface area contributed by atoms with Gasteiger partial charge in [-0.1, -0.05) is 35.9 Å². The third-order valence-corrected chi connectivity index (χ3v) is 4.54. The van der Waals surface area contributed by atoms with Crippen LogP contribution in [0.15, 0.2) is 48.5 Å². The lowest BCUT2D eigenvalue weighted by atomic mass is 10.2. The highest BCUT2D eigenvalue weighted by atomic mass is 35.5. The number of likely N-dealkylation sites (N-methyl/N-ethyl adjacent to an activating group) is 1. The molecule has 0 unspecified atom stereocenters. The number of amides is 1. The van der Waals surface area contributed by atoms with E-state index in [9.17, 15) is 9.59 Å². The molecule has 0 atom stereocenters. The Labute approximate surface area is 175 Å². The van der Waals surface area contributed by atoms with E-state index in [1.54, 1.807) is 49.5 Å². The minimum absolute atomic E-state index is 0.290. The zero-order chi connectivity index (χ0) is 21.2. The summed E-state index contributed by atoms with van der Waals surface area (Å²) in [7, 11) is 3.12. The predicted octanol–water partition coefficient (Wildman–Crippen LogP) is 3.96. The number of carbonyl (C=O) groups is 2. The van der Waals surface area contributed by atoms with Crippen molar-refractivity contribution in [3.05, 3.63) is 64.7 Å². The first-order valence-electron chi connectivity index (χ1n) is 9.06. The number of benzene rings is 2. The molecule has 0 aliphatic rings. The number of hydrogen-bond donors (Lipinski definition) is 0. The molecule has 154 valence electrons. The highest BCUT2D eigenvalue weighted by Gasteiger charge is 2.15. The van der Waals surface area contributed by atoms with Gasteiger partial charge in [0.15, 0.2) is 18.1 Å². The van der Waals surface area contributed by atoms with Gasteiger partial charge in [-0.2, -0.15) is 0 Å². The van der Waals surface area contributed by atoms with Gasteiger partial charge in [0.2, 0.25) is 0 Å². The van der Waals surface area contributed by atoms with Gasteiger partial charge in [-0.3, -0.25) is 4.79 Å². The van der Waals surface area contributed by atoms with E-state index in [-0.39, 0.29) is 12.5 Å². The van der Waals surface area contributed by atoms with Crippen molar-refractivity contribution in [2.75, 3.05) is 27.4 Å². The third kappa shape index (κ3) is 6.54. The smallest absolute Gasteiger partial charge is 0.331 e. The first-order chi connectivity index (χ1) is 14.0. The van der Waals surface area contributed by atoms with E-state index in [1.165, 1.54) is 6.08 Å². The normalized spacial score (nSPS) is 10.6. The molecule has 0 fully saturated rings. The van der Waals surface area contributed by atoms with E-state index in [4.69, 9.17) is 25.8 Å². The lowest BCUT2D eigenvalue weighted by molar-refractivity contribution is -0.148. The number of methoxy groups -OCH3 is 2. The third-order valence-electron chi connectivity index (χ3n) is 4.20. The molecule has 0 radical (unpaired) electrons.